The fraction of sp³-hybridized carbons (Fsp3) is 0.300. The zero-order valence-corrected chi connectivity index (χ0v) is 11.0. The SMILES string of the molecule is CCOC(=O)c1nnc(Sc2cc(=O)[nH]c(C)n2)o1. The highest BCUT2D eigenvalue weighted by molar-refractivity contribution is 7.99. The van der Waals surface area contributed by atoms with E-state index >= 15 is 0 Å². The molecule has 1 N–H and O–H groups in total. The molecule has 0 spiro atoms. The van der Waals surface area contributed by atoms with Crippen molar-refractivity contribution in [2.75, 3.05) is 6.61 Å². The van der Waals surface area contributed by atoms with Crippen molar-refractivity contribution in [3.05, 3.63) is 28.1 Å². The van der Waals surface area contributed by atoms with Gasteiger partial charge in [-0.3, -0.25) is 4.79 Å². The van der Waals surface area contributed by atoms with E-state index < -0.39 is 5.97 Å². The van der Waals surface area contributed by atoms with Gasteiger partial charge in [-0.2, -0.15) is 0 Å². The van der Waals surface area contributed by atoms with Gasteiger partial charge >= 0.3 is 11.9 Å². The Morgan fingerprint density at radius 3 is 3.00 bits per heavy atom. The van der Waals surface area contributed by atoms with Crippen molar-refractivity contribution in [2.45, 2.75) is 24.1 Å². The van der Waals surface area contributed by atoms with Crippen LogP contribution in [0.4, 0.5) is 0 Å². The lowest BCUT2D eigenvalue weighted by Gasteiger charge is -1.96. The Kier molecular flexibility index (Phi) is 3.95. The van der Waals surface area contributed by atoms with E-state index in [9.17, 15) is 9.59 Å². The quantitative estimate of drug-likeness (QED) is 0.647. The molecule has 0 radical (unpaired) electrons. The number of carbonyl (C=O) groups is 1. The van der Waals surface area contributed by atoms with Crippen LogP contribution in [0.15, 0.2) is 25.5 Å². The molecule has 0 aliphatic heterocycles. The van der Waals surface area contributed by atoms with E-state index in [1.807, 2.05) is 0 Å². The molecular formula is C10H10N4O4S. The summed E-state index contributed by atoms with van der Waals surface area (Å²) in [6.45, 7) is 3.55. The Balaban J connectivity index is 2.15. The predicted octanol–water partition coefficient (Wildman–Crippen LogP) is 0.789. The second kappa shape index (κ2) is 5.65. The largest absolute Gasteiger partial charge is 0.459 e. The van der Waals surface area contributed by atoms with Crippen LogP contribution in [-0.2, 0) is 4.74 Å². The van der Waals surface area contributed by atoms with Crippen LogP contribution in [0, 0.1) is 6.92 Å². The molecule has 0 aliphatic rings. The fourth-order valence-corrected chi connectivity index (χ4v) is 1.95. The van der Waals surface area contributed by atoms with E-state index in [-0.39, 0.29) is 23.3 Å². The maximum absolute atomic E-state index is 11.3. The number of H-pyrrole nitrogens is 1. The van der Waals surface area contributed by atoms with Crippen LogP contribution in [-0.4, -0.2) is 32.7 Å². The van der Waals surface area contributed by atoms with Crippen LogP contribution < -0.4 is 5.56 Å². The topological polar surface area (TPSA) is 111 Å². The van der Waals surface area contributed by atoms with Crippen LogP contribution in [0.2, 0.25) is 0 Å². The first kappa shape index (κ1) is 13.3. The number of ether oxygens (including phenoxy) is 1. The van der Waals surface area contributed by atoms with Gasteiger partial charge < -0.3 is 14.1 Å². The average Bonchev–Trinajstić information content (AvgIpc) is 2.76. The van der Waals surface area contributed by atoms with E-state index in [0.29, 0.717) is 10.9 Å². The molecule has 0 atom stereocenters. The summed E-state index contributed by atoms with van der Waals surface area (Å²) in [5.41, 5.74) is -0.278. The molecule has 2 aromatic heterocycles. The number of carbonyl (C=O) groups excluding carboxylic acids is 1. The smallest absolute Gasteiger partial charge is 0.396 e. The number of aromatic nitrogens is 4. The van der Waals surface area contributed by atoms with Gasteiger partial charge in [0.25, 0.3) is 10.8 Å². The lowest BCUT2D eigenvalue weighted by atomic mass is 10.6. The highest BCUT2D eigenvalue weighted by atomic mass is 32.2. The maximum atomic E-state index is 11.3. The molecule has 0 aliphatic carbocycles. The number of hydrogen-bond acceptors (Lipinski definition) is 8. The maximum Gasteiger partial charge on any atom is 0.396 e. The lowest BCUT2D eigenvalue weighted by Crippen LogP contribution is -2.07. The molecule has 8 nitrogen and oxygen atoms in total. The third-order valence-electron chi connectivity index (χ3n) is 1.88. The van der Waals surface area contributed by atoms with Crippen molar-refractivity contribution in [3.8, 4) is 0 Å². The Bertz CT molecular complexity index is 651. The Labute approximate surface area is 111 Å². The number of hydrogen-bond donors (Lipinski definition) is 1. The minimum absolute atomic E-state index is 0.112. The van der Waals surface area contributed by atoms with Gasteiger partial charge in [0.2, 0.25) is 0 Å². The molecule has 0 aromatic carbocycles. The predicted molar refractivity (Wildman–Crippen MR) is 64.0 cm³/mol. The van der Waals surface area contributed by atoms with Crippen LogP contribution in [0.1, 0.15) is 23.4 Å². The third-order valence-corrected chi connectivity index (χ3v) is 2.64. The minimum atomic E-state index is -0.683. The van der Waals surface area contributed by atoms with E-state index in [1.165, 1.54) is 6.07 Å². The summed E-state index contributed by atoms with van der Waals surface area (Å²) in [5.74, 6) is -0.442. The molecule has 2 rings (SSSR count). The third kappa shape index (κ3) is 3.41. The number of nitrogens with zero attached hydrogens (tertiary/aromatic N) is 3. The number of aryl methyl sites for hydroxylation is 1. The van der Waals surface area contributed by atoms with Crippen molar-refractivity contribution in [1.29, 1.82) is 0 Å². The first-order chi connectivity index (χ1) is 9.08. The minimum Gasteiger partial charge on any atom is -0.459 e. The van der Waals surface area contributed by atoms with Gasteiger partial charge in [0.15, 0.2) is 0 Å². The van der Waals surface area contributed by atoms with E-state index in [1.54, 1.807) is 13.8 Å². The van der Waals surface area contributed by atoms with Gasteiger partial charge in [0, 0.05) is 6.07 Å². The van der Waals surface area contributed by atoms with Crippen molar-refractivity contribution in [1.82, 2.24) is 20.2 Å². The van der Waals surface area contributed by atoms with Crippen LogP contribution in [0.3, 0.4) is 0 Å². The highest BCUT2D eigenvalue weighted by Gasteiger charge is 2.17. The summed E-state index contributed by atoms with van der Waals surface area (Å²) in [4.78, 5) is 29.2. The van der Waals surface area contributed by atoms with Gasteiger partial charge in [-0.05, 0) is 25.6 Å². The Hall–Kier alpha value is -2.16. The lowest BCUT2D eigenvalue weighted by molar-refractivity contribution is 0.0475. The Morgan fingerprint density at radius 1 is 1.53 bits per heavy atom. The summed E-state index contributed by atoms with van der Waals surface area (Å²) < 4.78 is 9.81. The summed E-state index contributed by atoms with van der Waals surface area (Å²) >= 11 is 0.993. The number of nitrogens with one attached hydrogen (secondary N) is 1. The van der Waals surface area contributed by atoms with E-state index in [2.05, 4.69) is 20.2 Å². The van der Waals surface area contributed by atoms with E-state index in [0.717, 1.165) is 11.8 Å². The summed E-state index contributed by atoms with van der Waals surface area (Å²) in [6, 6.07) is 1.30. The van der Waals surface area contributed by atoms with Crippen LogP contribution in [0.5, 0.6) is 0 Å². The van der Waals surface area contributed by atoms with Crippen molar-refractivity contribution in [3.63, 3.8) is 0 Å². The van der Waals surface area contributed by atoms with E-state index in [4.69, 9.17) is 9.15 Å². The molecule has 2 heterocycles. The van der Waals surface area contributed by atoms with Gasteiger partial charge in [-0.25, -0.2) is 9.78 Å². The zero-order valence-electron chi connectivity index (χ0n) is 10.2. The van der Waals surface area contributed by atoms with Gasteiger partial charge in [0.05, 0.1) is 6.61 Å². The molecular weight excluding hydrogens is 272 g/mol. The summed E-state index contributed by atoms with van der Waals surface area (Å²) in [7, 11) is 0. The molecule has 0 saturated heterocycles. The number of rotatable bonds is 4. The highest BCUT2D eigenvalue weighted by Crippen LogP contribution is 2.23. The molecule has 0 fully saturated rings. The van der Waals surface area contributed by atoms with Crippen LogP contribution >= 0.6 is 11.8 Å². The van der Waals surface area contributed by atoms with Crippen molar-refractivity contribution in [2.24, 2.45) is 0 Å². The zero-order chi connectivity index (χ0) is 13.8. The second-order valence-electron chi connectivity index (χ2n) is 3.36. The molecule has 100 valence electrons. The van der Waals surface area contributed by atoms with Crippen LogP contribution in [0.25, 0.3) is 0 Å². The summed E-state index contributed by atoms with van der Waals surface area (Å²) in [6.07, 6.45) is 0. The molecule has 0 amide bonds. The normalized spacial score (nSPS) is 10.4. The molecule has 0 saturated carbocycles. The fourth-order valence-electron chi connectivity index (χ4n) is 1.22. The Morgan fingerprint density at radius 2 is 2.32 bits per heavy atom. The van der Waals surface area contributed by atoms with Gasteiger partial charge in [0.1, 0.15) is 10.9 Å². The molecule has 2 aromatic rings. The molecule has 19 heavy (non-hydrogen) atoms. The van der Waals surface area contributed by atoms with Gasteiger partial charge in [-0.15, -0.1) is 5.10 Å². The van der Waals surface area contributed by atoms with Gasteiger partial charge in [-0.1, -0.05) is 5.10 Å². The number of esters is 1. The van der Waals surface area contributed by atoms with Crippen molar-refractivity contribution < 1.29 is 13.9 Å². The molecule has 9 heteroatoms. The first-order valence-electron chi connectivity index (χ1n) is 5.35. The standard InChI is InChI=1S/C10H10N4O4S/c1-3-17-9(16)8-13-14-10(18-8)19-7-4-6(15)11-5(2)12-7/h4H,3H2,1-2H3,(H,11,12,15). The summed E-state index contributed by atoms with van der Waals surface area (Å²) in [5, 5.41) is 7.73. The molecule has 0 bridgehead atoms. The number of aromatic amines is 1. The van der Waals surface area contributed by atoms with Crippen molar-refractivity contribution >= 4 is 17.7 Å². The molecule has 0 unspecified atom stereocenters. The first-order valence-corrected chi connectivity index (χ1v) is 6.16. The average molecular weight is 282 g/mol. The monoisotopic (exact) mass is 282 g/mol. The second-order valence-corrected chi connectivity index (χ2v) is 4.34.